The van der Waals surface area contributed by atoms with Crippen LogP contribution in [0.5, 0.6) is 0 Å². The van der Waals surface area contributed by atoms with Crippen LogP contribution in [0.3, 0.4) is 0 Å². The van der Waals surface area contributed by atoms with Gasteiger partial charge in [0.2, 0.25) is 0 Å². The summed E-state index contributed by atoms with van der Waals surface area (Å²) < 4.78 is 1.79. The molecular weight excluding hydrogens is 224 g/mol. The quantitative estimate of drug-likeness (QED) is 0.776. The fourth-order valence-electron chi connectivity index (χ4n) is 2.30. The van der Waals surface area contributed by atoms with Gasteiger partial charge in [-0.1, -0.05) is 17.7 Å². The molecule has 1 heterocycles. The van der Waals surface area contributed by atoms with Crippen LogP contribution in [0.2, 0.25) is 0 Å². The van der Waals surface area contributed by atoms with Gasteiger partial charge in [0.25, 0.3) is 0 Å². The Labute approximate surface area is 107 Å². The summed E-state index contributed by atoms with van der Waals surface area (Å²) in [7, 11) is 1.87. The number of imidazole rings is 1. The summed E-state index contributed by atoms with van der Waals surface area (Å²) in [5, 5.41) is 0. The summed E-state index contributed by atoms with van der Waals surface area (Å²) in [5.74, 6) is 0.0747. The van der Waals surface area contributed by atoms with Gasteiger partial charge in [-0.15, -0.1) is 0 Å². The molecule has 0 aliphatic heterocycles. The lowest BCUT2D eigenvalue weighted by atomic mass is 9.95. The zero-order valence-electron chi connectivity index (χ0n) is 11.3. The number of carbonyl (C=O) groups excluding carboxylic acids is 1. The highest BCUT2D eigenvalue weighted by Gasteiger charge is 2.13. The molecule has 0 bridgehead atoms. The molecule has 94 valence electrons. The number of ketones is 1. The highest BCUT2D eigenvalue weighted by atomic mass is 16.1. The van der Waals surface area contributed by atoms with Crippen molar-refractivity contribution in [1.29, 1.82) is 0 Å². The largest absolute Gasteiger partial charge is 0.340 e. The van der Waals surface area contributed by atoms with Crippen LogP contribution in [-0.2, 0) is 13.5 Å². The normalized spacial score (nSPS) is 10.7. The third kappa shape index (κ3) is 2.50. The van der Waals surface area contributed by atoms with Crippen LogP contribution in [0.25, 0.3) is 0 Å². The standard InChI is InChI=1S/C15H18N2O/c1-10-5-11(2)13(12(3)6-10)7-15(18)14-8-17(4)9-16-14/h5-6,8-9H,7H2,1-4H3. The number of carbonyl (C=O) groups is 1. The molecule has 0 saturated carbocycles. The molecule has 0 fully saturated rings. The van der Waals surface area contributed by atoms with Gasteiger partial charge in [0.15, 0.2) is 5.78 Å². The number of benzene rings is 1. The van der Waals surface area contributed by atoms with Gasteiger partial charge in [-0.3, -0.25) is 4.79 Å². The highest BCUT2D eigenvalue weighted by Crippen LogP contribution is 2.18. The summed E-state index contributed by atoms with van der Waals surface area (Å²) in [4.78, 5) is 16.2. The SMILES string of the molecule is Cc1cc(C)c(CC(=O)c2cn(C)cn2)c(C)c1. The fraction of sp³-hybridized carbons (Fsp3) is 0.333. The first-order valence-corrected chi connectivity index (χ1v) is 6.05. The van der Waals surface area contributed by atoms with Gasteiger partial charge in [-0.05, 0) is 37.5 Å². The molecule has 3 nitrogen and oxygen atoms in total. The van der Waals surface area contributed by atoms with E-state index in [4.69, 9.17) is 0 Å². The van der Waals surface area contributed by atoms with E-state index in [1.165, 1.54) is 16.7 Å². The number of nitrogens with zero attached hydrogens (tertiary/aromatic N) is 2. The maximum absolute atomic E-state index is 12.1. The fourth-order valence-corrected chi connectivity index (χ4v) is 2.30. The molecule has 0 unspecified atom stereocenters. The van der Waals surface area contributed by atoms with Crippen LogP contribution in [0.1, 0.15) is 32.7 Å². The van der Waals surface area contributed by atoms with E-state index in [9.17, 15) is 4.79 Å². The summed E-state index contributed by atoms with van der Waals surface area (Å²) in [5.41, 5.74) is 5.25. The number of aryl methyl sites for hydroxylation is 4. The Morgan fingerprint density at radius 1 is 1.22 bits per heavy atom. The number of aromatic nitrogens is 2. The van der Waals surface area contributed by atoms with Gasteiger partial charge < -0.3 is 4.57 Å². The van der Waals surface area contributed by atoms with Crippen LogP contribution in [0, 0.1) is 20.8 Å². The van der Waals surface area contributed by atoms with Crippen LogP contribution in [-0.4, -0.2) is 15.3 Å². The second kappa shape index (κ2) is 4.77. The van der Waals surface area contributed by atoms with E-state index in [-0.39, 0.29) is 5.78 Å². The van der Waals surface area contributed by atoms with E-state index >= 15 is 0 Å². The molecule has 0 aliphatic carbocycles. The highest BCUT2D eigenvalue weighted by molar-refractivity contribution is 5.95. The molecule has 0 radical (unpaired) electrons. The van der Waals surface area contributed by atoms with E-state index in [1.54, 1.807) is 17.1 Å². The Balaban J connectivity index is 2.27. The monoisotopic (exact) mass is 242 g/mol. The third-order valence-corrected chi connectivity index (χ3v) is 3.17. The lowest BCUT2D eigenvalue weighted by Gasteiger charge is -2.09. The Bertz CT molecular complexity index is 573. The number of Topliss-reactive ketones (excluding diaryl/α,β-unsaturated/α-hetero) is 1. The van der Waals surface area contributed by atoms with Crippen molar-refractivity contribution in [3.05, 3.63) is 52.6 Å². The average molecular weight is 242 g/mol. The van der Waals surface area contributed by atoms with Gasteiger partial charge in [-0.25, -0.2) is 4.98 Å². The molecule has 0 N–H and O–H groups in total. The minimum atomic E-state index is 0.0747. The Morgan fingerprint density at radius 2 is 1.83 bits per heavy atom. The molecule has 3 heteroatoms. The second-order valence-electron chi connectivity index (χ2n) is 4.90. The maximum Gasteiger partial charge on any atom is 0.187 e. The van der Waals surface area contributed by atoms with Crippen molar-refractivity contribution in [3.63, 3.8) is 0 Å². The predicted octanol–water partition coefficient (Wildman–Crippen LogP) is 2.77. The van der Waals surface area contributed by atoms with Gasteiger partial charge in [0.1, 0.15) is 5.69 Å². The van der Waals surface area contributed by atoms with E-state index in [2.05, 4.69) is 37.9 Å². The lowest BCUT2D eigenvalue weighted by molar-refractivity contribution is 0.0988. The van der Waals surface area contributed by atoms with Gasteiger partial charge in [0.05, 0.1) is 6.33 Å². The molecule has 2 rings (SSSR count). The van der Waals surface area contributed by atoms with Crippen LogP contribution in [0.4, 0.5) is 0 Å². The molecule has 0 spiro atoms. The molecular formula is C15H18N2O. The first-order chi connectivity index (χ1) is 8.47. The summed E-state index contributed by atoms with van der Waals surface area (Å²) in [6.07, 6.45) is 3.85. The summed E-state index contributed by atoms with van der Waals surface area (Å²) >= 11 is 0. The first kappa shape index (κ1) is 12.6. The predicted molar refractivity (Wildman–Crippen MR) is 71.9 cm³/mol. The first-order valence-electron chi connectivity index (χ1n) is 6.05. The van der Waals surface area contributed by atoms with Crippen molar-refractivity contribution in [1.82, 2.24) is 9.55 Å². The average Bonchev–Trinajstić information content (AvgIpc) is 2.70. The summed E-state index contributed by atoms with van der Waals surface area (Å²) in [6, 6.07) is 4.24. The van der Waals surface area contributed by atoms with Crippen molar-refractivity contribution < 1.29 is 4.79 Å². The van der Waals surface area contributed by atoms with Gasteiger partial charge in [0, 0.05) is 19.7 Å². The minimum absolute atomic E-state index is 0.0747. The number of hydrogen-bond acceptors (Lipinski definition) is 2. The van der Waals surface area contributed by atoms with Crippen molar-refractivity contribution in [3.8, 4) is 0 Å². The molecule has 0 aliphatic rings. The number of rotatable bonds is 3. The molecule has 2 aromatic rings. The van der Waals surface area contributed by atoms with Gasteiger partial charge in [-0.2, -0.15) is 0 Å². The van der Waals surface area contributed by atoms with Crippen molar-refractivity contribution >= 4 is 5.78 Å². The Kier molecular flexibility index (Phi) is 3.32. The lowest BCUT2D eigenvalue weighted by Crippen LogP contribution is -2.07. The van der Waals surface area contributed by atoms with E-state index in [0.717, 1.165) is 5.56 Å². The van der Waals surface area contributed by atoms with Crippen LogP contribution >= 0.6 is 0 Å². The molecule has 1 aromatic heterocycles. The molecule has 0 amide bonds. The topological polar surface area (TPSA) is 34.9 Å². The van der Waals surface area contributed by atoms with E-state index < -0.39 is 0 Å². The van der Waals surface area contributed by atoms with Gasteiger partial charge >= 0.3 is 0 Å². The molecule has 18 heavy (non-hydrogen) atoms. The second-order valence-corrected chi connectivity index (χ2v) is 4.90. The van der Waals surface area contributed by atoms with Crippen LogP contribution < -0.4 is 0 Å². The molecule has 1 aromatic carbocycles. The van der Waals surface area contributed by atoms with Crippen molar-refractivity contribution in [2.24, 2.45) is 7.05 Å². The molecule has 0 atom stereocenters. The Hall–Kier alpha value is -1.90. The zero-order chi connectivity index (χ0) is 13.3. The number of hydrogen-bond donors (Lipinski definition) is 0. The van der Waals surface area contributed by atoms with E-state index in [1.807, 2.05) is 7.05 Å². The third-order valence-electron chi connectivity index (χ3n) is 3.17. The minimum Gasteiger partial charge on any atom is -0.340 e. The molecule has 0 saturated heterocycles. The van der Waals surface area contributed by atoms with Crippen molar-refractivity contribution in [2.45, 2.75) is 27.2 Å². The van der Waals surface area contributed by atoms with Crippen molar-refractivity contribution in [2.75, 3.05) is 0 Å². The summed E-state index contributed by atoms with van der Waals surface area (Å²) in [6.45, 7) is 6.19. The van der Waals surface area contributed by atoms with E-state index in [0.29, 0.717) is 12.1 Å². The smallest absolute Gasteiger partial charge is 0.187 e. The zero-order valence-corrected chi connectivity index (χ0v) is 11.3. The maximum atomic E-state index is 12.1. The Morgan fingerprint density at radius 3 is 2.33 bits per heavy atom. The van der Waals surface area contributed by atoms with Crippen LogP contribution in [0.15, 0.2) is 24.7 Å².